The summed E-state index contributed by atoms with van der Waals surface area (Å²) in [5.41, 5.74) is 21.6. The first-order valence-electron chi connectivity index (χ1n) is 17.0. The highest BCUT2D eigenvalue weighted by atomic mass is 14.5. The number of aryl methyl sites for hydroxylation is 2. The van der Waals surface area contributed by atoms with Gasteiger partial charge in [0.05, 0.1) is 0 Å². The van der Waals surface area contributed by atoms with Gasteiger partial charge in [0.2, 0.25) is 0 Å². The topological polar surface area (TPSA) is 0 Å². The molecule has 0 aliphatic heterocycles. The molecule has 0 heterocycles. The zero-order chi connectivity index (χ0) is 31.9. The standard InChI is InChI=1S/C46H42/c1-25-11-9-13-27-17-19-33-35-23-31-22-32(45(3,4)5)21-29-15-16-30-24-36(46(6,7)8)41(44(35)40(30)39(29)31)34-20-18-28-14-10-12-26(2)38(28)43(34)42(33)37(25)27/h9-20,22-24,40H,21H2,1-8H3. The van der Waals surface area contributed by atoms with E-state index in [-0.39, 0.29) is 16.7 Å². The molecule has 0 radical (unpaired) electrons. The Hall–Kier alpha value is -4.42. The van der Waals surface area contributed by atoms with Crippen molar-refractivity contribution in [1.82, 2.24) is 0 Å². The first-order valence-corrected chi connectivity index (χ1v) is 17.0. The van der Waals surface area contributed by atoms with Crippen LogP contribution < -0.4 is 0 Å². The van der Waals surface area contributed by atoms with E-state index in [9.17, 15) is 0 Å². The molecule has 5 aliphatic rings. The number of hydrogen-bond donors (Lipinski definition) is 0. The SMILES string of the molecule is Cc1cccc2ccc3c(c12)-c1c(ccc2cccc(C)c12)C1=C2C3=CC3=C4C(=CC=C(C=C1C(C)(C)C)C42)CC(C(C)(C)C)=C3. The molecule has 0 saturated carbocycles. The van der Waals surface area contributed by atoms with Gasteiger partial charge in [-0.25, -0.2) is 0 Å². The Labute approximate surface area is 273 Å². The quantitative estimate of drug-likeness (QED) is 0.190. The van der Waals surface area contributed by atoms with Crippen molar-refractivity contribution in [2.24, 2.45) is 16.7 Å². The summed E-state index contributed by atoms with van der Waals surface area (Å²) in [4.78, 5) is 0. The molecule has 1 unspecified atom stereocenters. The molecule has 0 aromatic heterocycles. The summed E-state index contributed by atoms with van der Waals surface area (Å²) in [5, 5.41) is 5.40. The molecule has 0 spiro atoms. The molecular weight excluding hydrogens is 553 g/mol. The first kappa shape index (κ1) is 27.9. The van der Waals surface area contributed by atoms with E-state index in [4.69, 9.17) is 0 Å². The number of rotatable bonds is 0. The first-order chi connectivity index (χ1) is 21.9. The van der Waals surface area contributed by atoms with E-state index in [1.54, 1.807) is 0 Å². The largest absolute Gasteiger partial charge is 0.0614 e. The zero-order valence-corrected chi connectivity index (χ0v) is 28.4. The number of fused-ring (bicyclic) bond motifs is 9. The van der Waals surface area contributed by atoms with Gasteiger partial charge in [-0.15, -0.1) is 0 Å². The van der Waals surface area contributed by atoms with Crippen LogP contribution >= 0.6 is 0 Å². The molecule has 4 aromatic carbocycles. The van der Waals surface area contributed by atoms with Crippen LogP contribution in [0.15, 0.2) is 130 Å². The molecule has 0 bridgehead atoms. The van der Waals surface area contributed by atoms with Gasteiger partial charge in [-0.2, -0.15) is 0 Å². The van der Waals surface area contributed by atoms with Gasteiger partial charge in [-0.05, 0) is 137 Å². The van der Waals surface area contributed by atoms with Gasteiger partial charge < -0.3 is 0 Å². The fourth-order valence-corrected chi connectivity index (χ4v) is 9.04. The van der Waals surface area contributed by atoms with Crippen LogP contribution in [0.3, 0.4) is 0 Å². The molecule has 0 nitrogen and oxygen atoms in total. The molecule has 226 valence electrons. The van der Waals surface area contributed by atoms with E-state index >= 15 is 0 Å². The van der Waals surface area contributed by atoms with Gasteiger partial charge in [0.15, 0.2) is 0 Å². The van der Waals surface area contributed by atoms with Crippen LogP contribution in [0.2, 0.25) is 0 Å². The molecule has 46 heavy (non-hydrogen) atoms. The summed E-state index contributed by atoms with van der Waals surface area (Å²) < 4.78 is 0. The predicted octanol–water partition coefficient (Wildman–Crippen LogP) is 12.6. The lowest BCUT2D eigenvalue weighted by molar-refractivity contribution is 0.488. The molecule has 0 N–H and O–H groups in total. The highest BCUT2D eigenvalue weighted by Crippen LogP contribution is 2.62. The van der Waals surface area contributed by atoms with Crippen molar-refractivity contribution in [2.45, 2.75) is 61.8 Å². The minimum absolute atomic E-state index is 0.0315. The Morgan fingerprint density at radius 2 is 1.24 bits per heavy atom. The van der Waals surface area contributed by atoms with Crippen molar-refractivity contribution < 1.29 is 0 Å². The molecule has 0 saturated heterocycles. The van der Waals surface area contributed by atoms with Crippen LogP contribution in [0.25, 0.3) is 43.8 Å². The van der Waals surface area contributed by atoms with Crippen LogP contribution in [-0.4, -0.2) is 0 Å². The second kappa shape index (κ2) is 9.10. The van der Waals surface area contributed by atoms with Gasteiger partial charge in [0.25, 0.3) is 0 Å². The summed E-state index contributed by atoms with van der Waals surface area (Å²) in [5.74, 6) is 0.243. The Balaban J connectivity index is 1.53. The molecule has 9 rings (SSSR count). The van der Waals surface area contributed by atoms with Crippen LogP contribution in [0.4, 0.5) is 0 Å². The van der Waals surface area contributed by atoms with E-state index in [0.29, 0.717) is 0 Å². The lowest BCUT2D eigenvalue weighted by Crippen LogP contribution is -2.28. The maximum atomic E-state index is 2.58. The molecule has 1 atom stereocenters. The third kappa shape index (κ3) is 3.68. The maximum absolute atomic E-state index is 2.58. The predicted molar refractivity (Wildman–Crippen MR) is 198 cm³/mol. The van der Waals surface area contributed by atoms with Crippen molar-refractivity contribution in [3.05, 3.63) is 152 Å². The minimum atomic E-state index is -0.0315. The molecular formula is C46H42. The van der Waals surface area contributed by atoms with Crippen molar-refractivity contribution in [3.8, 4) is 11.1 Å². The third-order valence-corrected chi connectivity index (χ3v) is 11.3. The van der Waals surface area contributed by atoms with E-state index in [1.807, 2.05) is 0 Å². The average Bonchev–Trinajstić information content (AvgIpc) is 3.13. The summed E-state index contributed by atoms with van der Waals surface area (Å²) in [6.45, 7) is 18.9. The van der Waals surface area contributed by atoms with Gasteiger partial charge in [0.1, 0.15) is 0 Å². The monoisotopic (exact) mass is 594 g/mol. The summed E-state index contributed by atoms with van der Waals surface area (Å²) in [7, 11) is 0. The Bertz CT molecular complexity index is 2330. The van der Waals surface area contributed by atoms with Crippen molar-refractivity contribution >= 4 is 32.7 Å². The molecule has 4 aromatic rings. The Kier molecular flexibility index (Phi) is 5.51. The highest BCUT2D eigenvalue weighted by Gasteiger charge is 2.45. The second-order valence-electron chi connectivity index (χ2n) is 16.2. The van der Waals surface area contributed by atoms with E-state index in [2.05, 4.69) is 146 Å². The van der Waals surface area contributed by atoms with Crippen LogP contribution in [0.1, 0.15) is 70.2 Å². The lowest BCUT2D eigenvalue weighted by Gasteiger charge is -2.44. The number of allylic oxidation sites excluding steroid dienone is 14. The zero-order valence-electron chi connectivity index (χ0n) is 28.4. The minimum Gasteiger partial charge on any atom is -0.0614 e. The van der Waals surface area contributed by atoms with Gasteiger partial charge in [0, 0.05) is 5.92 Å². The molecule has 0 fully saturated rings. The third-order valence-electron chi connectivity index (χ3n) is 11.3. The molecule has 0 amide bonds. The summed E-state index contributed by atoms with van der Waals surface area (Å²) in [6, 6.07) is 23.3. The second-order valence-corrected chi connectivity index (χ2v) is 16.2. The van der Waals surface area contributed by atoms with Crippen LogP contribution in [0.5, 0.6) is 0 Å². The number of benzene rings is 4. The van der Waals surface area contributed by atoms with E-state index in [0.717, 1.165) is 6.42 Å². The van der Waals surface area contributed by atoms with Crippen molar-refractivity contribution in [2.75, 3.05) is 0 Å². The number of hydrogen-bond acceptors (Lipinski definition) is 0. The van der Waals surface area contributed by atoms with Gasteiger partial charge in [-0.3, -0.25) is 0 Å². The van der Waals surface area contributed by atoms with Crippen molar-refractivity contribution in [3.63, 3.8) is 0 Å². The van der Waals surface area contributed by atoms with Gasteiger partial charge in [-0.1, -0.05) is 132 Å². The lowest BCUT2D eigenvalue weighted by atomic mass is 9.60. The summed E-state index contributed by atoms with van der Waals surface area (Å²) in [6.07, 6.45) is 13.6. The molecule has 5 aliphatic carbocycles. The van der Waals surface area contributed by atoms with Crippen LogP contribution in [0, 0.1) is 30.6 Å². The summed E-state index contributed by atoms with van der Waals surface area (Å²) >= 11 is 0. The maximum Gasteiger partial charge on any atom is 0.0361 e. The average molecular weight is 595 g/mol. The Morgan fingerprint density at radius 1 is 0.609 bits per heavy atom. The van der Waals surface area contributed by atoms with Crippen molar-refractivity contribution in [1.29, 1.82) is 0 Å². The van der Waals surface area contributed by atoms with Gasteiger partial charge >= 0.3 is 0 Å². The Morgan fingerprint density at radius 3 is 1.87 bits per heavy atom. The fourth-order valence-electron chi connectivity index (χ4n) is 9.04. The highest BCUT2D eigenvalue weighted by molar-refractivity contribution is 6.19. The normalized spacial score (nSPS) is 19.9. The molecule has 0 heteroatoms. The van der Waals surface area contributed by atoms with E-state index < -0.39 is 0 Å². The smallest absolute Gasteiger partial charge is 0.0361 e. The van der Waals surface area contributed by atoms with Crippen LogP contribution in [-0.2, 0) is 0 Å². The van der Waals surface area contributed by atoms with E-state index in [1.165, 1.54) is 105 Å². The fraction of sp³-hybridized carbons (Fsp3) is 0.261.